The Hall–Kier alpha value is -2.28. The second kappa shape index (κ2) is 7.76. The molecular formula is C20H27N5O2. The van der Waals surface area contributed by atoms with E-state index in [1.54, 1.807) is 12.4 Å². The Morgan fingerprint density at radius 1 is 1.33 bits per heavy atom. The highest BCUT2D eigenvalue weighted by molar-refractivity contribution is 5.76. The first-order chi connectivity index (χ1) is 13.1. The number of pyridine rings is 1. The number of aromatic nitrogens is 3. The molecule has 27 heavy (non-hydrogen) atoms. The lowest BCUT2D eigenvalue weighted by atomic mass is 9.89. The highest BCUT2D eigenvalue weighted by Gasteiger charge is 2.35. The van der Waals surface area contributed by atoms with Gasteiger partial charge in [0.15, 0.2) is 0 Å². The molecule has 4 rings (SSSR count). The number of hydrogen-bond acceptors (Lipinski definition) is 6. The van der Waals surface area contributed by atoms with Gasteiger partial charge in [0.05, 0.1) is 0 Å². The molecule has 2 aromatic rings. The van der Waals surface area contributed by atoms with Crippen LogP contribution in [0.15, 0.2) is 29.0 Å². The zero-order chi connectivity index (χ0) is 18.8. The fourth-order valence-electron chi connectivity index (χ4n) is 4.32. The van der Waals surface area contributed by atoms with E-state index in [1.807, 2.05) is 26.0 Å². The lowest BCUT2D eigenvalue weighted by Gasteiger charge is -2.29. The molecule has 2 aliphatic rings. The Morgan fingerprint density at radius 2 is 2.11 bits per heavy atom. The van der Waals surface area contributed by atoms with E-state index in [-0.39, 0.29) is 17.9 Å². The largest absolute Gasteiger partial charge is 0.344 e. The van der Waals surface area contributed by atoms with Crippen molar-refractivity contribution in [3.05, 3.63) is 30.4 Å². The number of hydrogen-bond donors (Lipinski definition) is 2. The summed E-state index contributed by atoms with van der Waals surface area (Å²) < 4.78 is 5.46. The van der Waals surface area contributed by atoms with Gasteiger partial charge < -0.3 is 15.2 Å². The van der Waals surface area contributed by atoms with Gasteiger partial charge in [-0.1, -0.05) is 19.0 Å². The minimum atomic E-state index is -0.283. The number of carbonyl (C=O) groups is 1. The summed E-state index contributed by atoms with van der Waals surface area (Å²) >= 11 is 0. The van der Waals surface area contributed by atoms with Crippen LogP contribution in [0.1, 0.15) is 57.9 Å². The van der Waals surface area contributed by atoms with Crippen LogP contribution in [0.3, 0.4) is 0 Å². The van der Waals surface area contributed by atoms with Crippen LogP contribution in [0.5, 0.6) is 0 Å². The van der Waals surface area contributed by atoms with Crippen LogP contribution in [-0.4, -0.2) is 33.1 Å². The Bertz CT molecular complexity index is 764. The van der Waals surface area contributed by atoms with Gasteiger partial charge in [-0.3, -0.25) is 9.78 Å². The molecule has 2 aliphatic heterocycles. The monoisotopic (exact) mass is 369 g/mol. The number of amides is 1. The predicted octanol–water partition coefficient (Wildman–Crippen LogP) is 2.87. The van der Waals surface area contributed by atoms with Crippen molar-refractivity contribution in [3.63, 3.8) is 0 Å². The molecule has 2 bridgehead atoms. The van der Waals surface area contributed by atoms with E-state index in [9.17, 15) is 4.79 Å². The normalized spacial score (nSPS) is 25.5. The average Bonchev–Trinajstić information content (AvgIpc) is 3.27. The van der Waals surface area contributed by atoms with Gasteiger partial charge >= 0.3 is 0 Å². The Labute approximate surface area is 159 Å². The molecule has 2 fully saturated rings. The van der Waals surface area contributed by atoms with Gasteiger partial charge in [0, 0.05) is 36.5 Å². The standard InChI is InChI=1S/C20H27N5O2/c1-12(2)18(20-24-19(25-27-20)14-4-3-7-21-11-14)23-17(26)10-13-8-15-5-6-16(9-13)22-15/h3-4,7,11-13,15-16,18,22H,5-6,8-10H2,1-2H3,(H,23,26). The maximum Gasteiger partial charge on any atom is 0.249 e. The zero-order valence-electron chi connectivity index (χ0n) is 15.9. The van der Waals surface area contributed by atoms with Gasteiger partial charge in [-0.2, -0.15) is 4.98 Å². The molecule has 0 spiro atoms. The van der Waals surface area contributed by atoms with E-state index in [1.165, 1.54) is 12.8 Å². The first-order valence-electron chi connectivity index (χ1n) is 9.88. The zero-order valence-corrected chi connectivity index (χ0v) is 15.9. The Kier molecular flexibility index (Phi) is 5.20. The Morgan fingerprint density at radius 3 is 2.78 bits per heavy atom. The third-order valence-corrected chi connectivity index (χ3v) is 5.66. The first kappa shape index (κ1) is 18.1. The molecule has 144 valence electrons. The lowest BCUT2D eigenvalue weighted by Crippen LogP contribution is -2.40. The molecule has 7 nitrogen and oxygen atoms in total. The quantitative estimate of drug-likeness (QED) is 0.813. The molecule has 0 aromatic carbocycles. The van der Waals surface area contributed by atoms with Crippen LogP contribution >= 0.6 is 0 Å². The van der Waals surface area contributed by atoms with Gasteiger partial charge in [0.1, 0.15) is 6.04 Å². The molecule has 1 amide bonds. The van der Waals surface area contributed by atoms with E-state index < -0.39 is 0 Å². The fraction of sp³-hybridized carbons (Fsp3) is 0.600. The molecular weight excluding hydrogens is 342 g/mol. The SMILES string of the molecule is CC(C)C(NC(=O)CC1CC2CCC(C1)N2)c1nc(-c2cccnc2)no1. The van der Waals surface area contributed by atoms with Gasteiger partial charge in [-0.25, -0.2) is 0 Å². The van der Waals surface area contributed by atoms with Crippen molar-refractivity contribution in [2.45, 2.75) is 64.1 Å². The molecule has 0 saturated carbocycles. The van der Waals surface area contributed by atoms with Crippen LogP contribution in [0.4, 0.5) is 0 Å². The summed E-state index contributed by atoms with van der Waals surface area (Å²) in [6, 6.07) is 4.63. The number of carbonyl (C=O) groups excluding carboxylic acids is 1. The van der Waals surface area contributed by atoms with Crippen molar-refractivity contribution in [2.75, 3.05) is 0 Å². The van der Waals surface area contributed by atoms with Crippen LogP contribution in [0.2, 0.25) is 0 Å². The van der Waals surface area contributed by atoms with Crippen molar-refractivity contribution < 1.29 is 9.32 Å². The molecule has 7 heteroatoms. The molecule has 3 atom stereocenters. The van der Waals surface area contributed by atoms with Crippen LogP contribution in [0.25, 0.3) is 11.4 Å². The summed E-state index contributed by atoms with van der Waals surface area (Å²) in [6.07, 6.45) is 8.66. The van der Waals surface area contributed by atoms with Crippen molar-refractivity contribution in [2.24, 2.45) is 11.8 Å². The smallest absolute Gasteiger partial charge is 0.249 e. The number of rotatable bonds is 6. The summed E-state index contributed by atoms with van der Waals surface area (Å²) in [6.45, 7) is 4.09. The molecule has 3 unspecified atom stereocenters. The third-order valence-electron chi connectivity index (χ3n) is 5.66. The second-order valence-electron chi connectivity index (χ2n) is 8.17. The number of nitrogens with zero attached hydrogens (tertiary/aromatic N) is 3. The molecule has 0 aliphatic carbocycles. The average molecular weight is 369 g/mol. The van der Waals surface area contributed by atoms with Crippen LogP contribution in [-0.2, 0) is 4.79 Å². The summed E-state index contributed by atoms with van der Waals surface area (Å²) in [5.74, 6) is 1.63. The fourth-order valence-corrected chi connectivity index (χ4v) is 4.32. The first-order valence-corrected chi connectivity index (χ1v) is 9.88. The van der Waals surface area contributed by atoms with Gasteiger partial charge in [-0.05, 0) is 49.7 Å². The maximum atomic E-state index is 12.7. The van der Waals surface area contributed by atoms with E-state index in [2.05, 4.69) is 25.8 Å². The topological polar surface area (TPSA) is 92.9 Å². The lowest BCUT2D eigenvalue weighted by molar-refractivity contribution is -0.123. The highest BCUT2D eigenvalue weighted by Crippen LogP contribution is 2.33. The maximum absolute atomic E-state index is 12.7. The van der Waals surface area contributed by atoms with Crippen molar-refractivity contribution in [1.29, 1.82) is 0 Å². The number of piperidine rings is 1. The van der Waals surface area contributed by atoms with Gasteiger partial charge in [0.25, 0.3) is 0 Å². The third kappa shape index (κ3) is 4.18. The van der Waals surface area contributed by atoms with E-state index >= 15 is 0 Å². The summed E-state index contributed by atoms with van der Waals surface area (Å²) in [4.78, 5) is 21.3. The van der Waals surface area contributed by atoms with Crippen molar-refractivity contribution in [1.82, 2.24) is 25.8 Å². The molecule has 2 N–H and O–H groups in total. The van der Waals surface area contributed by atoms with Crippen molar-refractivity contribution >= 4 is 5.91 Å². The Balaban J connectivity index is 1.41. The highest BCUT2D eigenvalue weighted by atomic mass is 16.5. The minimum Gasteiger partial charge on any atom is -0.344 e. The van der Waals surface area contributed by atoms with Crippen LogP contribution in [0, 0.1) is 11.8 Å². The molecule has 4 heterocycles. The predicted molar refractivity (Wildman–Crippen MR) is 101 cm³/mol. The summed E-state index contributed by atoms with van der Waals surface area (Å²) in [5.41, 5.74) is 0.798. The summed E-state index contributed by atoms with van der Waals surface area (Å²) in [7, 11) is 0. The van der Waals surface area contributed by atoms with E-state index in [0.717, 1.165) is 18.4 Å². The van der Waals surface area contributed by atoms with Gasteiger partial charge in [-0.15, -0.1) is 0 Å². The minimum absolute atomic E-state index is 0.0705. The number of fused-ring (bicyclic) bond motifs is 2. The summed E-state index contributed by atoms with van der Waals surface area (Å²) in [5, 5.41) is 10.8. The van der Waals surface area contributed by atoms with Gasteiger partial charge in [0.2, 0.25) is 17.6 Å². The van der Waals surface area contributed by atoms with Crippen LogP contribution < -0.4 is 10.6 Å². The molecule has 2 aromatic heterocycles. The number of nitrogens with one attached hydrogen (secondary N) is 2. The molecule has 2 saturated heterocycles. The van der Waals surface area contributed by atoms with E-state index in [0.29, 0.717) is 36.1 Å². The van der Waals surface area contributed by atoms with Crippen molar-refractivity contribution in [3.8, 4) is 11.4 Å². The van der Waals surface area contributed by atoms with E-state index in [4.69, 9.17) is 4.52 Å². The molecule has 0 radical (unpaired) electrons. The second-order valence-corrected chi connectivity index (χ2v) is 8.17.